The number of carbonyl (C=O) groups is 1. The minimum atomic E-state index is -3.53. The summed E-state index contributed by atoms with van der Waals surface area (Å²) < 4.78 is 26.2. The summed E-state index contributed by atoms with van der Waals surface area (Å²) in [7, 11) is -1.96. The highest BCUT2D eigenvalue weighted by atomic mass is 32.2. The highest BCUT2D eigenvalue weighted by Gasteiger charge is 2.24. The standard InChI is InChI=1S/C14H19NO4S2/c1-11(10-20-3)15(2)21(18,19)13-7-4-12(5-8-13)6-9-14(16)17/h4-9,11H,10H2,1-3H3,(H,16,17)/b9-6+. The number of aliphatic carboxylic acids is 1. The van der Waals surface area contributed by atoms with E-state index in [1.165, 1.54) is 22.5 Å². The van der Waals surface area contributed by atoms with Crippen LogP contribution in [0.4, 0.5) is 0 Å². The van der Waals surface area contributed by atoms with E-state index in [0.717, 1.165) is 11.8 Å². The molecule has 1 atom stereocenters. The SMILES string of the molecule is CSCC(C)N(C)S(=O)(=O)c1ccc(/C=C/C(=O)O)cc1. The highest BCUT2D eigenvalue weighted by molar-refractivity contribution is 7.98. The Balaban J connectivity index is 2.97. The van der Waals surface area contributed by atoms with E-state index in [1.54, 1.807) is 30.9 Å². The lowest BCUT2D eigenvalue weighted by atomic mass is 10.2. The van der Waals surface area contributed by atoms with Crippen LogP contribution in [0.2, 0.25) is 0 Å². The molecule has 0 fully saturated rings. The largest absolute Gasteiger partial charge is 0.478 e. The summed E-state index contributed by atoms with van der Waals surface area (Å²) >= 11 is 1.59. The van der Waals surface area contributed by atoms with Crippen molar-refractivity contribution in [1.29, 1.82) is 0 Å². The smallest absolute Gasteiger partial charge is 0.328 e. The average molecular weight is 329 g/mol. The van der Waals surface area contributed by atoms with Crippen LogP contribution in [0.25, 0.3) is 6.08 Å². The maximum atomic E-state index is 12.4. The molecular weight excluding hydrogens is 310 g/mol. The van der Waals surface area contributed by atoms with E-state index >= 15 is 0 Å². The van der Waals surface area contributed by atoms with Crippen LogP contribution in [0.15, 0.2) is 35.2 Å². The average Bonchev–Trinajstić information content (AvgIpc) is 2.45. The molecule has 0 bridgehead atoms. The van der Waals surface area contributed by atoms with Crippen molar-refractivity contribution >= 4 is 33.8 Å². The summed E-state index contributed by atoms with van der Waals surface area (Å²) in [5.41, 5.74) is 0.635. The zero-order valence-corrected chi connectivity index (χ0v) is 13.8. The maximum absolute atomic E-state index is 12.4. The van der Waals surface area contributed by atoms with Gasteiger partial charge in [-0.15, -0.1) is 0 Å². The Morgan fingerprint density at radius 1 is 1.38 bits per heavy atom. The highest BCUT2D eigenvalue weighted by Crippen LogP contribution is 2.19. The van der Waals surface area contributed by atoms with Crippen LogP contribution < -0.4 is 0 Å². The lowest BCUT2D eigenvalue weighted by Gasteiger charge is -2.23. The molecule has 0 aliphatic heterocycles. The van der Waals surface area contributed by atoms with Gasteiger partial charge in [0.25, 0.3) is 0 Å². The molecule has 0 aliphatic rings. The molecule has 7 heteroatoms. The second kappa shape index (κ2) is 7.63. The molecular formula is C14H19NO4S2. The number of carboxylic acid groups (broad SMARTS) is 1. The quantitative estimate of drug-likeness (QED) is 0.776. The van der Waals surface area contributed by atoms with Crippen molar-refractivity contribution in [3.05, 3.63) is 35.9 Å². The Kier molecular flexibility index (Phi) is 6.44. The van der Waals surface area contributed by atoms with Crippen LogP contribution in [0, 0.1) is 0 Å². The van der Waals surface area contributed by atoms with E-state index in [4.69, 9.17) is 5.11 Å². The van der Waals surface area contributed by atoms with E-state index in [-0.39, 0.29) is 10.9 Å². The van der Waals surface area contributed by atoms with Gasteiger partial charge in [0, 0.05) is 24.9 Å². The maximum Gasteiger partial charge on any atom is 0.328 e. The number of thioether (sulfide) groups is 1. The molecule has 0 heterocycles. The van der Waals surface area contributed by atoms with Gasteiger partial charge >= 0.3 is 5.97 Å². The minimum absolute atomic E-state index is 0.100. The molecule has 0 aromatic heterocycles. The Labute approximate surface area is 129 Å². The van der Waals surface area contributed by atoms with Crippen molar-refractivity contribution in [2.45, 2.75) is 17.9 Å². The van der Waals surface area contributed by atoms with Gasteiger partial charge in [-0.05, 0) is 37.0 Å². The van der Waals surface area contributed by atoms with Crippen molar-refractivity contribution < 1.29 is 18.3 Å². The third-order valence-electron chi connectivity index (χ3n) is 3.00. The second-order valence-corrected chi connectivity index (χ2v) is 7.47. The van der Waals surface area contributed by atoms with E-state index in [0.29, 0.717) is 5.56 Å². The van der Waals surface area contributed by atoms with Crippen molar-refractivity contribution in [2.24, 2.45) is 0 Å². The fourth-order valence-corrected chi connectivity index (χ4v) is 3.83. The molecule has 1 unspecified atom stereocenters. The van der Waals surface area contributed by atoms with Crippen LogP contribution >= 0.6 is 11.8 Å². The molecule has 0 saturated heterocycles. The normalized spacial score (nSPS) is 13.7. The van der Waals surface area contributed by atoms with Crippen LogP contribution in [0.5, 0.6) is 0 Å². The van der Waals surface area contributed by atoms with Gasteiger partial charge in [0.15, 0.2) is 0 Å². The molecule has 0 radical (unpaired) electrons. The second-order valence-electron chi connectivity index (χ2n) is 4.57. The third-order valence-corrected chi connectivity index (χ3v) is 5.81. The predicted octanol–water partition coefficient (Wildman–Crippen LogP) is 2.16. The number of rotatable bonds is 7. The summed E-state index contributed by atoms with van der Waals surface area (Å²) in [5.74, 6) is -0.327. The number of carboxylic acids is 1. The molecule has 1 aromatic carbocycles. The van der Waals surface area contributed by atoms with Crippen molar-refractivity contribution in [1.82, 2.24) is 4.31 Å². The van der Waals surface area contributed by atoms with Gasteiger partial charge in [-0.3, -0.25) is 0 Å². The molecule has 0 amide bonds. The van der Waals surface area contributed by atoms with Crippen molar-refractivity contribution in [2.75, 3.05) is 19.1 Å². The first-order valence-electron chi connectivity index (χ1n) is 6.27. The summed E-state index contributed by atoms with van der Waals surface area (Å²) in [6.45, 7) is 1.86. The fourth-order valence-electron chi connectivity index (χ4n) is 1.67. The first-order valence-corrected chi connectivity index (χ1v) is 9.10. The first kappa shape index (κ1) is 17.7. The zero-order chi connectivity index (χ0) is 16.0. The minimum Gasteiger partial charge on any atom is -0.478 e. The van der Waals surface area contributed by atoms with Gasteiger partial charge in [0.2, 0.25) is 10.0 Å². The zero-order valence-electron chi connectivity index (χ0n) is 12.2. The van der Waals surface area contributed by atoms with Crippen LogP contribution in [-0.4, -0.2) is 48.9 Å². The van der Waals surface area contributed by atoms with Gasteiger partial charge in [0.1, 0.15) is 0 Å². The summed E-state index contributed by atoms with van der Waals surface area (Å²) in [6, 6.07) is 6.04. The molecule has 5 nitrogen and oxygen atoms in total. The molecule has 21 heavy (non-hydrogen) atoms. The lowest BCUT2D eigenvalue weighted by Crippen LogP contribution is -2.36. The van der Waals surface area contributed by atoms with Gasteiger partial charge in [-0.1, -0.05) is 12.1 Å². The molecule has 0 spiro atoms. The summed E-state index contributed by atoms with van der Waals surface area (Å²) in [5, 5.41) is 8.55. The topological polar surface area (TPSA) is 74.7 Å². The number of hydrogen-bond acceptors (Lipinski definition) is 4. The molecule has 1 aromatic rings. The Hall–Kier alpha value is -1.31. The Morgan fingerprint density at radius 2 is 1.95 bits per heavy atom. The first-order chi connectivity index (χ1) is 9.78. The lowest BCUT2D eigenvalue weighted by molar-refractivity contribution is -0.131. The van der Waals surface area contributed by atoms with Crippen molar-refractivity contribution in [3.8, 4) is 0 Å². The van der Waals surface area contributed by atoms with E-state index < -0.39 is 16.0 Å². The summed E-state index contributed by atoms with van der Waals surface area (Å²) in [4.78, 5) is 10.6. The number of benzene rings is 1. The third kappa shape index (κ3) is 4.87. The van der Waals surface area contributed by atoms with Gasteiger partial charge in [-0.25, -0.2) is 13.2 Å². The predicted molar refractivity (Wildman–Crippen MR) is 85.9 cm³/mol. The van der Waals surface area contributed by atoms with Gasteiger partial charge < -0.3 is 5.11 Å². The molecule has 0 saturated carbocycles. The van der Waals surface area contributed by atoms with Crippen LogP contribution in [0.1, 0.15) is 12.5 Å². The van der Waals surface area contributed by atoms with Crippen LogP contribution in [-0.2, 0) is 14.8 Å². The van der Waals surface area contributed by atoms with Crippen LogP contribution in [0.3, 0.4) is 0 Å². The Bertz CT molecular complexity index is 608. The van der Waals surface area contributed by atoms with Crippen molar-refractivity contribution in [3.63, 3.8) is 0 Å². The van der Waals surface area contributed by atoms with E-state index in [2.05, 4.69) is 0 Å². The number of nitrogens with zero attached hydrogens (tertiary/aromatic N) is 1. The molecule has 116 valence electrons. The fraction of sp³-hybridized carbons (Fsp3) is 0.357. The van der Waals surface area contributed by atoms with Gasteiger partial charge in [0.05, 0.1) is 4.90 Å². The molecule has 0 aliphatic carbocycles. The van der Waals surface area contributed by atoms with Gasteiger partial charge in [-0.2, -0.15) is 16.1 Å². The number of hydrogen-bond donors (Lipinski definition) is 1. The number of sulfonamides is 1. The van der Waals surface area contributed by atoms with E-state index in [1.807, 2.05) is 13.2 Å². The monoisotopic (exact) mass is 329 g/mol. The summed E-state index contributed by atoms with van der Waals surface area (Å²) in [6.07, 6.45) is 4.36. The van der Waals surface area contributed by atoms with E-state index in [9.17, 15) is 13.2 Å². The Morgan fingerprint density at radius 3 is 2.43 bits per heavy atom. The molecule has 1 N–H and O–H groups in total. The molecule has 1 rings (SSSR count).